The first-order valence-corrected chi connectivity index (χ1v) is 8.41. The average Bonchev–Trinajstić information content (AvgIpc) is 3.01. The van der Waals surface area contributed by atoms with Crippen LogP contribution in [0.15, 0.2) is 83.3 Å². The Labute approximate surface area is 154 Å². The molecule has 4 aromatic rings. The second-order valence-electron chi connectivity index (χ2n) is 5.83. The van der Waals surface area contributed by atoms with Crippen molar-refractivity contribution in [2.24, 2.45) is 0 Å². The van der Waals surface area contributed by atoms with Gasteiger partial charge in [0.05, 0.1) is 5.56 Å². The van der Waals surface area contributed by atoms with Crippen LogP contribution in [0.25, 0.3) is 33.8 Å². The summed E-state index contributed by atoms with van der Waals surface area (Å²) in [5, 5.41) is 0.567. The predicted octanol–water partition coefficient (Wildman–Crippen LogP) is 7.21. The maximum atomic E-state index is 15.3. The summed E-state index contributed by atoms with van der Waals surface area (Å²) >= 11 is 5.96. The van der Waals surface area contributed by atoms with Gasteiger partial charge in [0.2, 0.25) is 0 Å². The largest absolute Gasteiger partial charge is 0.452 e. The fraction of sp³-hybridized carbons (Fsp3) is 0. The number of benzene rings is 3. The minimum Gasteiger partial charge on any atom is -0.452 e. The van der Waals surface area contributed by atoms with Crippen molar-refractivity contribution in [2.75, 3.05) is 0 Å². The lowest BCUT2D eigenvalue weighted by Crippen LogP contribution is -1.84. The zero-order valence-corrected chi connectivity index (χ0v) is 14.3. The first-order chi connectivity index (χ1) is 12.6. The maximum Gasteiger partial charge on any atom is 0.177 e. The van der Waals surface area contributed by atoms with Crippen LogP contribution >= 0.6 is 11.6 Å². The molecule has 0 fully saturated rings. The van der Waals surface area contributed by atoms with Gasteiger partial charge in [0.1, 0.15) is 11.6 Å². The number of hydrogen-bond acceptors (Lipinski definition) is 1. The van der Waals surface area contributed by atoms with Gasteiger partial charge in [-0.15, -0.1) is 0 Å². The highest BCUT2D eigenvalue weighted by Gasteiger charge is 2.24. The minimum atomic E-state index is -0.488. The van der Waals surface area contributed by atoms with Crippen LogP contribution in [0.3, 0.4) is 0 Å². The monoisotopic (exact) mass is 366 g/mol. The van der Waals surface area contributed by atoms with Crippen LogP contribution in [0.5, 0.6) is 0 Å². The number of hydrogen-bond donors (Lipinski definition) is 0. The summed E-state index contributed by atoms with van der Waals surface area (Å²) in [6, 6.07) is 21.8. The van der Waals surface area contributed by atoms with Crippen molar-refractivity contribution in [1.82, 2.24) is 0 Å². The Morgan fingerprint density at radius 2 is 1.19 bits per heavy atom. The molecule has 4 rings (SSSR count). The lowest BCUT2D eigenvalue weighted by atomic mass is 10.0. The van der Waals surface area contributed by atoms with E-state index in [4.69, 9.17) is 16.0 Å². The van der Waals surface area contributed by atoms with E-state index < -0.39 is 5.82 Å². The summed E-state index contributed by atoms with van der Waals surface area (Å²) in [6.45, 7) is 0. The Balaban J connectivity index is 1.96. The molecule has 0 unspecified atom stereocenters. The van der Waals surface area contributed by atoms with Gasteiger partial charge >= 0.3 is 0 Å². The fourth-order valence-corrected chi connectivity index (χ4v) is 2.99. The Morgan fingerprint density at radius 1 is 0.615 bits per heavy atom. The van der Waals surface area contributed by atoms with Crippen LogP contribution in [0, 0.1) is 11.6 Å². The van der Waals surface area contributed by atoms with Crippen LogP contribution in [0.4, 0.5) is 8.78 Å². The molecule has 0 aliphatic rings. The van der Waals surface area contributed by atoms with E-state index in [1.807, 2.05) is 30.3 Å². The Hall–Kier alpha value is -2.91. The van der Waals surface area contributed by atoms with Gasteiger partial charge in [-0.2, -0.15) is 0 Å². The van der Waals surface area contributed by atoms with Gasteiger partial charge in [0.15, 0.2) is 11.6 Å². The molecule has 0 aliphatic carbocycles. The van der Waals surface area contributed by atoms with Gasteiger partial charge in [0, 0.05) is 16.1 Å². The smallest absolute Gasteiger partial charge is 0.177 e. The molecule has 0 aliphatic heterocycles. The van der Waals surface area contributed by atoms with E-state index in [1.54, 1.807) is 24.3 Å². The molecule has 3 aromatic carbocycles. The zero-order chi connectivity index (χ0) is 18.1. The van der Waals surface area contributed by atoms with Crippen molar-refractivity contribution in [3.63, 3.8) is 0 Å². The van der Waals surface area contributed by atoms with Gasteiger partial charge < -0.3 is 4.42 Å². The SMILES string of the molecule is Fc1ccc(-c2oc(-c3ccccc3)c(-c3ccc(Cl)cc3)c2F)cc1. The third kappa shape index (κ3) is 3.02. The van der Waals surface area contributed by atoms with E-state index in [1.165, 1.54) is 24.3 Å². The highest BCUT2D eigenvalue weighted by molar-refractivity contribution is 6.30. The quantitative estimate of drug-likeness (QED) is 0.373. The summed E-state index contributed by atoms with van der Waals surface area (Å²) in [6.07, 6.45) is 0. The average molecular weight is 367 g/mol. The predicted molar refractivity (Wildman–Crippen MR) is 99.9 cm³/mol. The molecule has 1 aromatic heterocycles. The Bertz CT molecular complexity index is 1040. The molecule has 0 saturated heterocycles. The second kappa shape index (κ2) is 6.77. The lowest BCUT2D eigenvalue weighted by Gasteiger charge is -2.03. The molecule has 0 N–H and O–H groups in total. The number of furan rings is 1. The highest BCUT2D eigenvalue weighted by atomic mass is 35.5. The van der Waals surface area contributed by atoms with Gasteiger partial charge in [-0.25, -0.2) is 8.78 Å². The summed E-state index contributed by atoms with van der Waals surface area (Å²) in [4.78, 5) is 0. The van der Waals surface area contributed by atoms with Gasteiger partial charge in [0.25, 0.3) is 0 Å². The maximum absolute atomic E-state index is 15.3. The van der Waals surface area contributed by atoms with Crippen LogP contribution in [0.2, 0.25) is 5.02 Å². The van der Waals surface area contributed by atoms with E-state index in [2.05, 4.69) is 0 Å². The van der Waals surface area contributed by atoms with Gasteiger partial charge in [-0.1, -0.05) is 54.1 Å². The van der Waals surface area contributed by atoms with Crippen molar-refractivity contribution in [3.05, 3.63) is 95.5 Å². The first kappa shape index (κ1) is 16.6. The summed E-state index contributed by atoms with van der Waals surface area (Å²) < 4.78 is 34.5. The molecule has 26 heavy (non-hydrogen) atoms. The number of halogens is 3. The fourth-order valence-electron chi connectivity index (χ4n) is 2.87. The van der Waals surface area contributed by atoms with Crippen molar-refractivity contribution >= 4 is 11.6 Å². The molecule has 1 nitrogen and oxygen atoms in total. The van der Waals surface area contributed by atoms with Crippen molar-refractivity contribution < 1.29 is 13.2 Å². The third-order valence-corrected chi connectivity index (χ3v) is 4.38. The molecule has 0 radical (unpaired) electrons. The standard InChI is InChI=1S/C22H13ClF2O/c23-17-10-6-14(7-11-17)19-20(25)22(16-8-12-18(24)13-9-16)26-21(19)15-4-2-1-3-5-15/h1-13H. The highest BCUT2D eigenvalue weighted by Crippen LogP contribution is 2.42. The normalized spacial score (nSPS) is 10.9. The summed E-state index contributed by atoms with van der Waals surface area (Å²) in [7, 11) is 0. The molecular formula is C22H13ClF2O. The van der Waals surface area contributed by atoms with Crippen molar-refractivity contribution in [2.45, 2.75) is 0 Å². The van der Waals surface area contributed by atoms with E-state index in [9.17, 15) is 4.39 Å². The lowest BCUT2D eigenvalue weighted by molar-refractivity contribution is 0.557. The van der Waals surface area contributed by atoms with Crippen molar-refractivity contribution in [3.8, 4) is 33.8 Å². The molecule has 4 heteroatoms. The Morgan fingerprint density at radius 3 is 1.85 bits per heavy atom. The van der Waals surface area contributed by atoms with E-state index >= 15 is 4.39 Å². The second-order valence-corrected chi connectivity index (χ2v) is 6.27. The summed E-state index contributed by atoms with van der Waals surface area (Å²) in [5.41, 5.74) is 2.24. The molecule has 0 spiro atoms. The minimum absolute atomic E-state index is 0.0776. The molecule has 0 atom stereocenters. The topological polar surface area (TPSA) is 13.1 Å². The van der Waals surface area contributed by atoms with Crippen LogP contribution in [-0.2, 0) is 0 Å². The van der Waals surface area contributed by atoms with Crippen LogP contribution < -0.4 is 0 Å². The van der Waals surface area contributed by atoms with Crippen LogP contribution in [-0.4, -0.2) is 0 Å². The van der Waals surface area contributed by atoms with Gasteiger partial charge in [-0.3, -0.25) is 0 Å². The van der Waals surface area contributed by atoms with E-state index in [0.717, 1.165) is 5.56 Å². The first-order valence-electron chi connectivity index (χ1n) is 8.03. The van der Waals surface area contributed by atoms with E-state index in [0.29, 0.717) is 27.5 Å². The van der Waals surface area contributed by atoms with E-state index in [-0.39, 0.29) is 11.6 Å². The summed E-state index contributed by atoms with van der Waals surface area (Å²) in [5.74, 6) is -0.377. The molecule has 1 heterocycles. The van der Waals surface area contributed by atoms with Gasteiger partial charge in [-0.05, 0) is 42.0 Å². The molecular weight excluding hydrogens is 354 g/mol. The molecule has 128 valence electrons. The molecule has 0 saturated carbocycles. The third-order valence-electron chi connectivity index (χ3n) is 4.13. The molecule has 0 amide bonds. The molecule has 0 bridgehead atoms. The van der Waals surface area contributed by atoms with Crippen LogP contribution in [0.1, 0.15) is 0 Å². The number of rotatable bonds is 3. The Kier molecular flexibility index (Phi) is 4.31. The zero-order valence-electron chi connectivity index (χ0n) is 13.5. The van der Waals surface area contributed by atoms with Crippen molar-refractivity contribution in [1.29, 1.82) is 0 Å².